The van der Waals surface area contributed by atoms with Crippen LogP contribution in [0.15, 0.2) is 30.5 Å². The van der Waals surface area contributed by atoms with Gasteiger partial charge in [-0.05, 0) is 12.1 Å². The summed E-state index contributed by atoms with van der Waals surface area (Å²) in [5.41, 5.74) is 0.818. The van der Waals surface area contributed by atoms with E-state index in [1.54, 1.807) is 12.3 Å². The van der Waals surface area contributed by atoms with E-state index in [0.29, 0.717) is 11.5 Å². The highest BCUT2D eigenvalue weighted by Crippen LogP contribution is 2.31. The molecule has 0 saturated heterocycles. The molecule has 0 unspecified atom stereocenters. The Bertz CT molecular complexity index is 462. The first-order valence-corrected chi connectivity index (χ1v) is 5.10. The number of rotatable bonds is 2. The molecule has 1 heterocycles. The van der Waals surface area contributed by atoms with Crippen LogP contribution in [0.5, 0.6) is 11.5 Å². The van der Waals surface area contributed by atoms with E-state index in [-0.39, 0.29) is 0 Å². The monoisotopic (exact) mass is 317 g/mol. The number of nitrogens with zero attached hydrogens (tertiary/aromatic N) is 1. The Morgan fingerprint density at radius 2 is 2.00 bits per heavy atom. The number of aromatic nitrogens is 1. The van der Waals surface area contributed by atoms with Gasteiger partial charge in [0.05, 0.1) is 5.52 Å². The second kappa shape index (κ2) is 4.14. The van der Waals surface area contributed by atoms with Gasteiger partial charge in [0.25, 0.3) is 0 Å². The average molecular weight is 319 g/mol. The van der Waals surface area contributed by atoms with Gasteiger partial charge in [0.1, 0.15) is 11.5 Å². The number of hydrogen-bond donors (Lipinski definition) is 0. The topological polar surface area (TPSA) is 31.4 Å². The Morgan fingerprint density at radius 3 is 2.71 bits per heavy atom. The van der Waals surface area contributed by atoms with Gasteiger partial charge in [-0.1, -0.05) is 0 Å². The summed E-state index contributed by atoms with van der Waals surface area (Å²) in [6, 6.07) is 7.36. The van der Waals surface area contributed by atoms with Gasteiger partial charge in [-0.3, -0.25) is 4.98 Å². The SMILES string of the molecule is BrOc1cc(OBr)c2cccnc2c1. The molecule has 72 valence electrons. The lowest BCUT2D eigenvalue weighted by Crippen LogP contribution is -1.84. The van der Waals surface area contributed by atoms with E-state index in [1.165, 1.54) is 0 Å². The molecule has 0 aliphatic rings. The third-order valence-corrected chi connectivity index (χ3v) is 2.55. The van der Waals surface area contributed by atoms with Crippen molar-refractivity contribution in [2.24, 2.45) is 0 Å². The van der Waals surface area contributed by atoms with Gasteiger partial charge in [0.2, 0.25) is 0 Å². The molecule has 0 N–H and O–H groups in total. The number of benzene rings is 1. The molecular weight excluding hydrogens is 314 g/mol. The van der Waals surface area contributed by atoms with Crippen LogP contribution in [-0.4, -0.2) is 4.98 Å². The fourth-order valence-corrected chi connectivity index (χ4v) is 1.69. The lowest BCUT2D eigenvalue weighted by atomic mass is 10.2. The van der Waals surface area contributed by atoms with Crippen LogP contribution in [-0.2, 0) is 0 Å². The molecule has 2 rings (SSSR count). The zero-order chi connectivity index (χ0) is 9.97. The molecule has 0 bridgehead atoms. The zero-order valence-corrected chi connectivity index (χ0v) is 10.1. The van der Waals surface area contributed by atoms with Crippen LogP contribution in [0.2, 0.25) is 0 Å². The Kier molecular flexibility index (Phi) is 2.88. The first kappa shape index (κ1) is 9.73. The molecule has 5 heteroatoms. The number of hydrogen-bond acceptors (Lipinski definition) is 3. The minimum absolute atomic E-state index is 0.644. The highest BCUT2D eigenvalue weighted by Gasteiger charge is 2.05. The summed E-state index contributed by atoms with van der Waals surface area (Å²) in [5, 5.41) is 0.928. The van der Waals surface area contributed by atoms with Crippen LogP contribution in [0.25, 0.3) is 10.9 Å². The van der Waals surface area contributed by atoms with E-state index >= 15 is 0 Å². The lowest BCUT2D eigenvalue weighted by molar-refractivity contribution is 0.653. The highest BCUT2D eigenvalue weighted by molar-refractivity contribution is 9.06. The fourth-order valence-electron chi connectivity index (χ4n) is 1.23. The zero-order valence-electron chi connectivity index (χ0n) is 6.91. The number of halogens is 2. The third-order valence-electron chi connectivity index (χ3n) is 1.83. The summed E-state index contributed by atoms with van der Waals surface area (Å²) >= 11 is 5.85. The van der Waals surface area contributed by atoms with Crippen molar-refractivity contribution >= 4 is 43.4 Å². The molecule has 14 heavy (non-hydrogen) atoms. The minimum Gasteiger partial charge on any atom is -0.418 e. The van der Waals surface area contributed by atoms with E-state index in [9.17, 15) is 0 Å². The van der Waals surface area contributed by atoms with Crippen LogP contribution in [0, 0.1) is 0 Å². The summed E-state index contributed by atoms with van der Waals surface area (Å²) in [7, 11) is 0. The second-order valence-corrected chi connectivity index (χ2v) is 3.29. The van der Waals surface area contributed by atoms with Crippen molar-refractivity contribution in [3.63, 3.8) is 0 Å². The molecule has 0 radical (unpaired) electrons. The van der Waals surface area contributed by atoms with E-state index in [2.05, 4.69) is 37.5 Å². The summed E-state index contributed by atoms with van der Waals surface area (Å²) in [5.74, 6) is 1.32. The smallest absolute Gasteiger partial charge is 0.179 e. The number of pyridine rings is 1. The predicted octanol–water partition coefficient (Wildman–Crippen LogP) is 3.61. The minimum atomic E-state index is 0.644. The molecule has 2 aromatic rings. The van der Waals surface area contributed by atoms with Crippen molar-refractivity contribution in [3.05, 3.63) is 30.5 Å². The fraction of sp³-hybridized carbons (Fsp3) is 0. The van der Waals surface area contributed by atoms with Gasteiger partial charge in [-0.25, -0.2) is 0 Å². The first-order valence-electron chi connectivity index (χ1n) is 3.81. The molecule has 3 nitrogen and oxygen atoms in total. The Labute approximate surface area is 97.9 Å². The molecule has 0 amide bonds. The molecular formula is C9H5Br2NO2. The second-order valence-electron chi connectivity index (χ2n) is 2.65. The standard InChI is InChI=1S/C9H5Br2NO2/c10-13-6-4-8-7(2-1-3-12-8)9(5-6)14-11/h1-5H. The molecule has 0 aliphatic heterocycles. The van der Waals surface area contributed by atoms with Crippen LogP contribution >= 0.6 is 32.5 Å². The van der Waals surface area contributed by atoms with Crippen molar-refractivity contribution in [1.29, 1.82) is 0 Å². The highest BCUT2D eigenvalue weighted by atomic mass is 79.9. The predicted molar refractivity (Wildman–Crippen MR) is 60.9 cm³/mol. The summed E-state index contributed by atoms with van der Waals surface area (Å²) in [4.78, 5) is 4.20. The molecule has 0 aliphatic carbocycles. The number of fused-ring (bicyclic) bond motifs is 1. The van der Waals surface area contributed by atoms with Gasteiger partial charge in [0.15, 0.2) is 32.5 Å². The average Bonchev–Trinajstić information content (AvgIpc) is 2.27. The maximum Gasteiger partial charge on any atom is 0.179 e. The van der Waals surface area contributed by atoms with Crippen LogP contribution in [0.3, 0.4) is 0 Å². The van der Waals surface area contributed by atoms with Crippen molar-refractivity contribution in [2.45, 2.75) is 0 Å². The summed E-state index contributed by atoms with van der Waals surface area (Å²) in [6.45, 7) is 0. The Hall–Kier alpha value is -0.810. The van der Waals surface area contributed by atoms with Gasteiger partial charge in [-0.2, -0.15) is 0 Å². The maximum atomic E-state index is 5.04. The molecule has 0 fully saturated rings. The van der Waals surface area contributed by atoms with Gasteiger partial charge in [0, 0.05) is 23.7 Å². The van der Waals surface area contributed by atoms with E-state index in [1.807, 2.05) is 18.2 Å². The largest absolute Gasteiger partial charge is 0.418 e. The van der Waals surface area contributed by atoms with Crippen molar-refractivity contribution in [3.8, 4) is 11.5 Å². The summed E-state index contributed by atoms with van der Waals surface area (Å²) < 4.78 is 9.98. The quantitative estimate of drug-likeness (QED) is 0.847. The Morgan fingerprint density at radius 1 is 1.14 bits per heavy atom. The van der Waals surface area contributed by atoms with Gasteiger partial charge in [-0.15, -0.1) is 0 Å². The van der Waals surface area contributed by atoms with Crippen LogP contribution < -0.4 is 7.66 Å². The molecule has 0 saturated carbocycles. The molecule has 1 aromatic heterocycles. The third kappa shape index (κ3) is 1.69. The molecule has 0 atom stereocenters. The van der Waals surface area contributed by atoms with Gasteiger partial charge < -0.3 is 7.66 Å². The Balaban J connectivity index is 2.73. The maximum absolute atomic E-state index is 5.04. The van der Waals surface area contributed by atoms with E-state index in [0.717, 1.165) is 10.9 Å². The van der Waals surface area contributed by atoms with Crippen molar-refractivity contribution in [2.75, 3.05) is 0 Å². The molecule has 1 aromatic carbocycles. The van der Waals surface area contributed by atoms with Crippen LogP contribution in [0.4, 0.5) is 0 Å². The molecule has 0 spiro atoms. The van der Waals surface area contributed by atoms with Gasteiger partial charge >= 0.3 is 0 Å². The van der Waals surface area contributed by atoms with Crippen molar-refractivity contribution < 1.29 is 7.66 Å². The first-order chi connectivity index (χ1) is 6.85. The lowest BCUT2D eigenvalue weighted by Gasteiger charge is -2.04. The van der Waals surface area contributed by atoms with E-state index < -0.39 is 0 Å². The normalized spacial score (nSPS) is 10.1. The van der Waals surface area contributed by atoms with Crippen molar-refractivity contribution in [1.82, 2.24) is 4.98 Å². The van der Waals surface area contributed by atoms with E-state index in [4.69, 9.17) is 7.66 Å². The summed E-state index contributed by atoms with van der Waals surface area (Å²) in [6.07, 6.45) is 1.72. The van der Waals surface area contributed by atoms with Crippen LogP contribution in [0.1, 0.15) is 0 Å².